The van der Waals surface area contributed by atoms with E-state index in [1.54, 1.807) is 12.1 Å². The van der Waals surface area contributed by atoms with E-state index < -0.39 is 11.6 Å². The van der Waals surface area contributed by atoms with E-state index in [0.29, 0.717) is 17.9 Å². The highest BCUT2D eigenvalue weighted by molar-refractivity contribution is 5.41. The monoisotopic (exact) mass is 402 g/mol. The van der Waals surface area contributed by atoms with E-state index in [-0.39, 0.29) is 12.4 Å². The van der Waals surface area contributed by atoms with Crippen LogP contribution in [0.5, 0.6) is 5.75 Å². The Balaban J connectivity index is 1.43. The van der Waals surface area contributed by atoms with Crippen molar-refractivity contribution in [1.29, 1.82) is 0 Å². The van der Waals surface area contributed by atoms with Crippen LogP contribution < -0.4 is 4.74 Å². The van der Waals surface area contributed by atoms with Crippen LogP contribution in [0.4, 0.5) is 8.78 Å². The van der Waals surface area contributed by atoms with E-state index in [1.807, 2.05) is 13.0 Å². The number of hydrogen-bond donors (Lipinski definition) is 0. The Morgan fingerprint density at radius 1 is 1.00 bits per heavy atom. The van der Waals surface area contributed by atoms with Gasteiger partial charge in [0.05, 0.1) is 0 Å². The predicted molar refractivity (Wildman–Crippen MR) is 114 cm³/mol. The molecule has 0 bridgehead atoms. The first-order chi connectivity index (χ1) is 14.1. The molecule has 3 aliphatic carbocycles. The lowest BCUT2D eigenvalue weighted by atomic mass is 9.61. The molecule has 0 spiro atoms. The van der Waals surface area contributed by atoms with Gasteiger partial charge in [-0.05, 0) is 105 Å². The first-order valence-corrected chi connectivity index (χ1v) is 11.8. The lowest BCUT2D eigenvalue weighted by molar-refractivity contribution is 0.0706. The summed E-state index contributed by atoms with van der Waals surface area (Å²) in [5.74, 6) is 2.89. The first-order valence-electron chi connectivity index (χ1n) is 11.8. The van der Waals surface area contributed by atoms with Crippen molar-refractivity contribution in [2.45, 2.75) is 78.1 Å². The zero-order chi connectivity index (χ0) is 20.4. The van der Waals surface area contributed by atoms with E-state index >= 15 is 0 Å². The summed E-state index contributed by atoms with van der Waals surface area (Å²) in [5, 5.41) is 0. The van der Waals surface area contributed by atoms with Gasteiger partial charge < -0.3 is 4.74 Å². The SMILES string of the molecule is C/C=C/COc1c(F)cc2c(c1F)CCC(C1CCC3CC(CC)CCC3C1)C2. The van der Waals surface area contributed by atoms with Gasteiger partial charge in [-0.25, -0.2) is 8.78 Å². The van der Waals surface area contributed by atoms with E-state index in [4.69, 9.17) is 4.74 Å². The number of fused-ring (bicyclic) bond motifs is 2. The van der Waals surface area contributed by atoms with Gasteiger partial charge in [-0.1, -0.05) is 31.9 Å². The van der Waals surface area contributed by atoms with Gasteiger partial charge in [-0.2, -0.15) is 0 Å². The Labute approximate surface area is 174 Å². The number of rotatable bonds is 5. The molecule has 0 radical (unpaired) electrons. The minimum absolute atomic E-state index is 0.200. The average Bonchev–Trinajstić information content (AvgIpc) is 2.75. The van der Waals surface area contributed by atoms with Gasteiger partial charge in [0.15, 0.2) is 17.4 Å². The molecule has 0 aromatic heterocycles. The van der Waals surface area contributed by atoms with Crippen molar-refractivity contribution in [3.8, 4) is 5.75 Å². The van der Waals surface area contributed by atoms with Crippen LogP contribution in [0, 0.1) is 41.2 Å². The van der Waals surface area contributed by atoms with Crippen molar-refractivity contribution in [3.63, 3.8) is 0 Å². The third kappa shape index (κ3) is 4.39. The number of allylic oxidation sites excluding steroid dienone is 1. The van der Waals surface area contributed by atoms with Gasteiger partial charge in [-0.15, -0.1) is 0 Å². The van der Waals surface area contributed by atoms with Crippen LogP contribution in [0.15, 0.2) is 18.2 Å². The molecule has 0 saturated heterocycles. The molecule has 4 rings (SSSR count). The summed E-state index contributed by atoms with van der Waals surface area (Å²) in [6.07, 6.45) is 15.8. The number of benzene rings is 1. The molecule has 0 aliphatic heterocycles. The molecule has 0 heterocycles. The Hall–Kier alpha value is -1.38. The Kier molecular flexibility index (Phi) is 6.61. The highest BCUT2D eigenvalue weighted by Gasteiger charge is 2.38. The molecule has 0 N–H and O–H groups in total. The fourth-order valence-corrected chi connectivity index (χ4v) is 6.44. The summed E-state index contributed by atoms with van der Waals surface area (Å²) >= 11 is 0. The van der Waals surface area contributed by atoms with Crippen molar-refractivity contribution in [2.24, 2.45) is 29.6 Å². The predicted octanol–water partition coefficient (Wildman–Crippen LogP) is 7.27. The van der Waals surface area contributed by atoms with Crippen molar-refractivity contribution in [1.82, 2.24) is 0 Å². The third-order valence-electron chi connectivity index (χ3n) is 8.18. The number of ether oxygens (including phenoxy) is 1. The lowest BCUT2D eigenvalue weighted by Gasteiger charge is -2.45. The third-order valence-corrected chi connectivity index (χ3v) is 8.18. The molecule has 5 unspecified atom stereocenters. The maximum Gasteiger partial charge on any atom is 0.191 e. The van der Waals surface area contributed by atoms with Crippen LogP contribution >= 0.6 is 0 Å². The molecule has 5 atom stereocenters. The molecular formula is C26H36F2O. The van der Waals surface area contributed by atoms with Crippen molar-refractivity contribution >= 4 is 0 Å². The molecule has 29 heavy (non-hydrogen) atoms. The largest absolute Gasteiger partial charge is 0.483 e. The van der Waals surface area contributed by atoms with E-state index in [2.05, 4.69) is 6.92 Å². The summed E-state index contributed by atoms with van der Waals surface area (Å²) in [7, 11) is 0. The molecule has 3 heteroatoms. The number of halogens is 2. The zero-order valence-corrected chi connectivity index (χ0v) is 18.1. The molecule has 1 nitrogen and oxygen atoms in total. The smallest absolute Gasteiger partial charge is 0.191 e. The van der Waals surface area contributed by atoms with E-state index in [0.717, 1.165) is 42.1 Å². The van der Waals surface area contributed by atoms with Gasteiger partial charge in [0, 0.05) is 0 Å². The second-order valence-corrected chi connectivity index (χ2v) is 9.70. The highest BCUT2D eigenvalue weighted by atomic mass is 19.1. The summed E-state index contributed by atoms with van der Waals surface area (Å²) in [4.78, 5) is 0. The molecule has 2 fully saturated rings. The van der Waals surface area contributed by atoms with E-state index in [9.17, 15) is 8.78 Å². The standard InChI is InChI=1S/C26H36F2O/c1-3-5-12-29-26-24(27)16-22-15-21(10-11-23(22)25(26)28)20-9-8-18-13-17(4-2)6-7-19(18)14-20/h3,5,16-21H,4,6-15H2,1-2H3/b5-3+. The average molecular weight is 403 g/mol. The number of hydrogen-bond acceptors (Lipinski definition) is 1. The quantitative estimate of drug-likeness (QED) is 0.471. The molecule has 2 saturated carbocycles. The fraction of sp³-hybridized carbons (Fsp3) is 0.692. The Morgan fingerprint density at radius 2 is 1.72 bits per heavy atom. The minimum atomic E-state index is -0.548. The maximum absolute atomic E-state index is 14.9. The van der Waals surface area contributed by atoms with Crippen LogP contribution in [0.1, 0.15) is 76.3 Å². The molecule has 160 valence electrons. The Bertz CT molecular complexity index is 741. The van der Waals surface area contributed by atoms with Gasteiger partial charge >= 0.3 is 0 Å². The molecular weight excluding hydrogens is 366 g/mol. The normalized spacial score (nSPS) is 32.1. The van der Waals surface area contributed by atoms with Gasteiger partial charge in [0.25, 0.3) is 0 Å². The zero-order valence-electron chi connectivity index (χ0n) is 18.1. The fourth-order valence-electron chi connectivity index (χ4n) is 6.44. The van der Waals surface area contributed by atoms with Gasteiger partial charge in [-0.3, -0.25) is 0 Å². The van der Waals surface area contributed by atoms with Crippen molar-refractivity contribution < 1.29 is 13.5 Å². The van der Waals surface area contributed by atoms with Gasteiger partial charge in [0.1, 0.15) is 6.61 Å². The molecule has 1 aromatic carbocycles. The van der Waals surface area contributed by atoms with Gasteiger partial charge in [0.2, 0.25) is 0 Å². The second kappa shape index (κ2) is 9.18. The molecule has 1 aromatic rings. The minimum Gasteiger partial charge on any atom is -0.483 e. The van der Waals surface area contributed by atoms with E-state index in [1.165, 1.54) is 44.9 Å². The summed E-state index contributed by atoms with van der Waals surface area (Å²) < 4.78 is 34.8. The van der Waals surface area contributed by atoms with Crippen LogP contribution in [-0.4, -0.2) is 6.61 Å². The van der Waals surface area contributed by atoms with Crippen LogP contribution in [-0.2, 0) is 12.8 Å². The van der Waals surface area contributed by atoms with Crippen LogP contribution in [0.25, 0.3) is 0 Å². The van der Waals surface area contributed by atoms with Crippen LogP contribution in [0.2, 0.25) is 0 Å². The first kappa shape index (κ1) is 20.9. The highest BCUT2D eigenvalue weighted by Crippen LogP contribution is 2.49. The lowest BCUT2D eigenvalue weighted by Crippen LogP contribution is -2.35. The van der Waals surface area contributed by atoms with Crippen LogP contribution in [0.3, 0.4) is 0 Å². The topological polar surface area (TPSA) is 9.23 Å². The second-order valence-electron chi connectivity index (χ2n) is 9.70. The Morgan fingerprint density at radius 3 is 2.48 bits per heavy atom. The molecule has 0 amide bonds. The molecule has 3 aliphatic rings. The van der Waals surface area contributed by atoms with Crippen molar-refractivity contribution in [2.75, 3.05) is 6.61 Å². The summed E-state index contributed by atoms with van der Waals surface area (Å²) in [6.45, 7) is 4.41. The van der Waals surface area contributed by atoms with Crippen molar-refractivity contribution in [3.05, 3.63) is 41.0 Å². The summed E-state index contributed by atoms with van der Waals surface area (Å²) in [6, 6.07) is 1.55. The maximum atomic E-state index is 14.9. The summed E-state index contributed by atoms with van der Waals surface area (Å²) in [5.41, 5.74) is 1.57.